The first-order chi connectivity index (χ1) is 12.5. The van der Waals surface area contributed by atoms with Crippen LogP contribution in [0.3, 0.4) is 0 Å². The number of methoxy groups -OCH3 is 2. The van der Waals surface area contributed by atoms with Crippen LogP contribution in [0.2, 0.25) is 0 Å². The Hall–Kier alpha value is -2.96. The SMILES string of the molecule is COc1cc(C2C3=C(CCCC3=O)Nc3onc(C)c32)cc(OC)c1O. The van der Waals surface area contributed by atoms with Crippen LogP contribution in [-0.2, 0) is 4.79 Å². The van der Waals surface area contributed by atoms with Gasteiger partial charge in [-0.1, -0.05) is 5.16 Å². The molecule has 0 bridgehead atoms. The maximum Gasteiger partial charge on any atom is 0.233 e. The van der Waals surface area contributed by atoms with Crippen LogP contribution in [0, 0.1) is 6.92 Å². The number of hydrogen-bond donors (Lipinski definition) is 2. The minimum absolute atomic E-state index is 0.0703. The van der Waals surface area contributed by atoms with Gasteiger partial charge in [0.2, 0.25) is 11.6 Å². The topological polar surface area (TPSA) is 93.8 Å². The lowest BCUT2D eigenvalue weighted by Gasteiger charge is -2.31. The Labute approximate surface area is 150 Å². The number of anilines is 1. The smallest absolute Gasteiger partial charge is 0.233 e. The lowest BCUT2D eigenvalue weighted by atomic mass is 9.76. The van der Waals surface area contributed by atoms with Crippen molar-refractivity contribution < 1.29 is 23.9 Å². The van der Waals surface area contributed by atoms with E-state index in [4.69, 9.17) is 14.0 Å². The number of aromatic nitrogens is 1. The van der Waals surface area contributed by atoms with E-state index in [1.54, 1.807) is 12.1 Å². The Balaban J connectivity index is 1.97. The number of phenols is 1. The zero-order valence-corrected chi connectivity index (χ0v) is 14.9. The van der Waals surface area contributed by atoms with Gasteiger partial charge in [-0.2, -0.15) is 0 Å². The van der Waals surface area contributed by atoms with Gasteiger partial charge in [-0.3, -0.25) is 4.79 Å². The summed E-state index contributed by atoms with van der Waals surface area (Å²) >= 11 is 0. The largest absolute Gasteiger partial charge is 0.502 e. The normalized spacial score (nSPS) is 18.9. The van der Waals surface area contributed by atoms with Crippen LogP contribution in [0.1, 0.15) is 42.0 Å². The molecule has 1 atom stereocenters. The van der Waals surface area contributed by atoms with Gasteiger partial charge in [-0.15, -0.1) is 0 Å². The lowest BCUT2D eigenvalue weighted by molar-refractivity contribution is -0.116. The molecular formula is C19H20N2O5. The van der Waals surface area contributed by atoms with E-state index in [1.165, 1.54) is 14.2 Å². The predicted octanol–water partition coefficient (Wildman–Crippen LogP) is 3.27. The van der Waals surface area contributed by atoms with E-state index in [0.717, 1.165) is 35.2 Å². The number of carbonyl (C=O) groups is 1. The van der Waals surface area contributed by atoms with Crippen LogP contribution in [0.15, 0.2) is 27.9 Å². The number of aromatic hydroxyl groups is 1. The number of Topliss-reactive ketones (excluding diaryl/α,β-unsaturated/α-hetero) is 1. The molecule has 2 N–H and O–H groups in total. The van der Waals surface area contributed by atoms with Crippen molar-refractivity contribution >= 4 is 11.7 Å². The number of ketones is 1. The highest BCUT2D eigenvalue weighted by molar-refractivity contribution is 6.01. The number of benzene rings is 1. The molecular weight excluding hydrogens is 336 g/mol. The number of nitrogens with zero attached hydrogens (tertiary/aromatic N) is 1. The zero-order valence-electron chi connectivity index (χ0n) is 14.9. The van der Waals surface area contributed by atoms with Crippen molar-refractivity contribution in [2.24, 2.45) is 0 Å². The zero-order chi connectivity index (χ0) is 18.4. The molecule has 2 heterocycles. The van der Waals surface area contributed by atoms with Gasteiger partial charge in [-0.25, -0.2) is 0 Å². The third-order valence-electron chi connectivity index (χ3n) is 5.04. The van der Waals surface area contributed by atoms with Crippen LogP contribution in [0.5, 0.6) is 17.2 Å². The standard InChI is InChI=1S/C19H20N2O5/c1-9-15-16(10-7-13(24-2)18(23)14(8-10)25-3)17-11(5-4-6-12(17)22)20-19(15)26-21-9/h7-8,16,20,23H,4-6H2,1-3H3. The van der Waals surface area contributed by atoms with Gasteiger partial charge in [0.05, 0.1) is 25.5 Å². The molecule has 0 fully saturated rings. The summed E-state index contributed by atoms with van der Waals surface area (Å²) in [5.74, 6) is 0.841. The molecule has 0 saturated carbocycles. The summed E-state index contributed by atoms with van der Waals surface area (Å²) < 4.78 is 16.0. The van der Waals surface area contributed by atoms with E-state index >= 15 is 0 Å². The number of hydrogen-bond acceptors (Lipinski definition) is 7. The minimum atomic E-state index is -0.344. The Kier molecular flexibility index (Phi) is 3.86. The number of fused-ring (bicyclic) bond motifs is 1. The third-order valence-corrected chi connectivity index (χ3v) is 5.04. The van der Waals surface area contributed by atoms with E-state index in [2.05, 4.69) is 10.5 Å². The molecule has 0 radical (unpaired) electrons. The van der Waals surface area contributed by atoms with E-state index in [0.29, 0.717) is 29.5 Å². The number of allylic oxidation sites excluding steroid dienone is 2. The van der Waals surface area contributed by atoms with E-state index in [-0.39, 0.29) is 17.5 Å². The summed E-state index contributed by atoms with van der Waals surface area (Å²) in [5, 5.41) is 17.5. The second-order valence-electron chi connectivity index (χ2n) is 6.51. The first-order valence-corrected chi connectivity index (χ1v) is 8.49. The number of rotatable bonds is 3. The number of ether oxygens (including phenoxy) is 2. The molecule has 1 unspecified atom stereocenters. The molecule has 0 saturated heterocycles. The summed E-state index contributed by atoms with van der Waals surface area (Å²) in [6.45, 7) is 1.85. The highest BCUT2D eigenvalue weighted by Crippen LogP contribution is 2.49. The molecule has 0 amide bonds. The maximum atomic E-state index is 12.8. The fraction of sp³-hybridized carbons (Fsp3) is 0.368. The van der Waals surface area contributed by atoms with Gasteiger partial charge in [0.1, 0.15) is 0 Å². The van der Waals surface area contributed by atoms with Crippen LogP contribution in [0.25, 0.3) is 0 Å². The van der Waals surface area contributed by atoms with Crippen molar-refractivity contribution in [2.75, 3.05) is 19.5 Å². The number of phenolic OH excluding ortho intramolecular Hbond substituents is 1. The van der Waals surface area contributed by atoms with Gasteiger partial charge < -0.3 is 24.4 Å². The van der Waals surface area contributed by atoms with Crippen LogP contribution in [0.4, 0.5) is 5.88 Å². The monoisotopic (exact) mass is 356 g/mol. The van der Waals surface area contributed by atoms with Gasteiger partial charge in [0.25, 0.3) is 0 Å². The van der Waals surface area contributed by atoms with Gasteiger partial charge in [-0.05, 0) is 37.5 Å². The first kappa shape index (κ1) is 16.5. The molecule has 7 nitrogen and oxygen atoms in total. The van der Waals surface area contributed by atoms with Crippen molar-refractivity contribution in [2.45, 2.75) is 32.1 Å². The molecule has 1 aromatic heterocycles. The Bertz CT molecular complexity index is 903. The average molecular weight is 356 g/mol. The fourth-order valence-electron chi connectivity index (χ4n) is 3.83. The molecule has 1 aromatic carbocycles. The molecule has 2 aromatic rings. The van der Waals surface area contributed by atoms with Gasteiger partial charge in [0, 0.05) is 23.6 Å². The van der Waals surface area contributed by atoms with Crippen molar-refractivity contribution in [3.63, 3.8) is 0 Å². The number of carbonyl (C=O) groups excluding carboxylic acids is 1. The minimum Gasteiger partial charge on any atom is -0.502 e. The molecule has 1 aliphatic heterocycles. The van der Waals surface area contributed by atoms with Crippen molar-refractivity contribution in [3.05, 3.63) is 40.2 Å². The molecule has 7 heteroatoms. The number of nitrogens with one attached hydrogen (secondary N) is 1. The average Bonchev–Trinajstić information content (AvgIpc) is 3.01. The van der Waals surface area contributed by atoms with Gasteiger partial charge in [0.15, 0.2) is 17.3 Å². The Morgan fingerprint density at radius 2 is 1.92 bits per heavy atom. The van der Waals surface area contributed by atoms with Crippen molar-refractivity contribution in [1.82, 2.24) is 5.16 Å². The Morgan fingerprint density at radius 1 is 1.23 bits per heavy atom. The van der Waals surface area contributed by atoms with E-state index in [9.17, 15) is 9.90 Å². The van der Waals surface area contributed by atoms with E-state index < -0.39 is 0 Å². The summed E-state index contributed by atoms with van der Waals surface area (Å²) in [6.07, 6.45) is 2.11. The molecule has 4 rings (SSSR count). The summed E-state index contributed by atoms with van der Waals surface area (Å²) in [7, 11) is 2.96. The summed E-state index contributed by atoms with van der Waals surface area (Å²) in [6, 6.07) is 3.47. The Morgan fingerprint density at radius 3 is 2.58 bits per heavy atom. The molecule has 2 aliphatic rings. The second-order valence-corrected chi connectivity index (χ2v) is 6.51. The lowest BCUT2D eigenvalue weighted by Crippen LogP contribution is -2.26. The van der Waals surface area contributed by atoms with Crippen molar-refractivity contribution in [3.8, 4) is 17.2 Å². The van der Waals surface area contributed by atoms with Crippen LogP contribution >= 0.6 is 0 Å². The van der Waals surface area contributed by atoms with Crippen LogP contribution < -0.4 is 14.8 Å². The molecule has 1 aliphatic carbocycles. The van der Waals surface area contributed by atoms with Crippen LogP contribution in [-0.4, -0.2) is 30.3 Å². The third kappa shape index (κ3) is 2.34. The molecule has 0 spiro atoms. The van der Waals surface area contributed by atoms with E-state index in [1.807, 2.05) is 6.92 Å². The number of aryl methyl sites for hydroxylation is 1. The molecule has 26 heavy (non-hydrogen) atoms. The summed E-state index contributed by atoms with van der Waals surface area (Å²) in [4.78, 5) is 12.8. The predicted molar refractivity (Wildman–Crippen MR) is 93.8 cm³/mol. The quantitative estimate of drug-likeness (QED) is 0.871. The summed E-state index contributed by atoms with van der Waals surface area (Å²) in [5.41, 5.74) is 3.93. The van der Waals surface area contributed by atoms with Crippen molar-refractivity contribution in [1.29, 1.82) is 0 Å². The molecule has 136 valence electrons. The first-order valence-electron chi connectivity index (χ1n) is 8.49. The van der Waals surface area contributed by atoms with Gasteiger partial charge >= 0.3 is 0 Å². The fourth-order valence-corrected chi connectivity index (χ4v) is 3.83. The highest BCUT2D eigenvalue weighted by atomic mass is 16.5. The highest BCUT2D eigenvalue weighted by Gasteiger charge is 2.39. The maximum absolute atomic E-state index is 12.8. The second kappa shape index (κ2) is 6.09.